The molecule has 0 radical (unpaired) electrons. The SMILES string of the molecule is CC(C)Oc1c[n+](C(C)(C)C)co1. The summed E-state index contributed by atoms with van der Waals surface area (Å²) in [6.45, 7) is 10.3. The van der Waals surface area contributed by atoms with Crippen molar-refractivity contribution >= 4 is 0 Å². The Hall–Kier alpha value is -0.990. The fourth-order valence-electron chi connectivity index (χ4n) is 0.925. The minimum atomic E-state index is 0.0437. The van der Waals surface area contributed by atoms with Gasteiger partial charge >= 0.3 is 12.3 Å². The third kappa shape index (κ3) is 2.76. The number of oxazole rings is 1. The van der Waals surface area contributed by atoms with Crippen molar-refractivity contribution in [2.24, 2.45) is 0 Å². The van der Waals surface area contributed by atoms with Crippen molar-refractivity contribution in [3.05, 3.63) is 12.6 Å². The number of hydrogen-bond acceptors (Lipinski definition) is 2. The molecular formula is C10H18NO2+. The Morgan fingerprint density at radius 1 is 1.38 bits per heavy atom. The highest BCUT2D eigenvalue weighted by Crippen LogP contribution is 2.12. The largest absolute Gasteiger partial charge is 0.458 e. The van der Waals surface area contributed by atoms with Gasteiger partial charge in [-0.05, 0) is 13.8 Å². The van der Waals surface area contributed by atoms with Crippen LogP contribution >= 0.6 is 0 Å². The van der Waals surface area contributed by atoms with Crippen LogP contribution in [0.1, 0.15) is 34.6 Å². The van der Waals surface area contributed by atoms with Gasteiger partial charge in [0.15, 0.2) is 5.54 Å². The highest BCUT2D eigenvalue weighted by Gasteiger charge is 2.24. The molecule has 0 spiro atoms. The first-order valence-corrected chi connectivity index (χ1v) is 4.56. The van der Waals surface area contributed by atoms with E-state index in [2.05, 4.69) is 20.8 Å². The van der Waals surface area contributed by atoms with Crippen LogP contribution in [-0.4, -0.2) is 6.10 Å². The molecule has 3 nitrogen and oxygen atoms in total. The Labute approximate surface area is 79.3 Å². The number of nitrogens with zero attached hydrogens (tertiary/aromatic N) is 1. The van der Waals surface area contributed by atoms with Gasteiger partial charge in [-0.25, -0.2) is 0 Å². The predicted molar refractivity (Wildman–Crippen MR) is 49.7 cm³/mol. The summed E-state index contributed by atoms with van der Waals surface area (Å²) < 4.78 is 12.6. The molecule has 0 aliphatic carbocycles. The van der Waals surface area contributed by atoms with Gasteiger partial charge in [0.1, 0.15) is 0 Å². The topological polar surface area (TPSA) is 26.2 Å². The standard InChI is InChI=1S/C10H18NO2/c1-8(2)13-9-6-11(7-12-9)10(3,4)5/h6-8H,1-5H3/q+1. The summed E-state index contributed by atoms with van der Waals surface area (Å²) in [7, 11) is 0. The van der Waals surface area contributed by atoms with Crippen LogP contribution in [0.5, 0.6) is 5.95 Å². The minimum Gasteiger partial charge on any atom is -0.458 e. The lowest BCUT2D eigenvalue weighted by Gasteiger charge is -2.08. The lowest BCUT2D eigenvalue weighted by atomic mass is 10.1. The van der Waals surface area contributed by atoms with Crippen LogP contribution in [-0.2, 0) is 5.54 Å². The van der Waals surface area contributed by atoms with Crippen LogP contribution in [0.15, 0.2) is 17.0 Å². The zero-order chi connectivity index (χ0) is 10.1. The summed E-state index contributed by atoms with van der Waals surface area (Å²) in [6, 6.07) is 0. The molecule has 0 unspecified atom stereocenters. The maximum Gasteiger partial charge on any atom is 0.356 e. The van der Waals surface area contributed by atoms with Gasteiger partial charge in [0.05, 0.1) is 6.10 Å². The van der Waals surface area contributed by atoms with Crippen LogP contribution in [0.4, 0.5) is 0 Å². The molecule has 1 rings (SSSR count). The zero-order valence-electron chi connectivity index (χ0n) is 9.00. The number of ether oxygens (including phenoxy) is 1. The molecule has 3 heteroatoms. The minimum absolute atomic E-state index is 0.0437. The van der Waals surface area contributed by atoms with E-state index in [1.807, 2.05) is 24.6 Å². The van der Waals surface area contributed by atoms with Crippen molar-refractivity contribution in [1.82, 2.24) is 0 Å². The van der Waals surface area contributed by atoms with E-state index in [1.165, 1.54) is 0 Å². The molecule has 0 saturated heterocycles. The van der Waals surface area contributed by atoms with Crippen molar-refractivity contribution in [1.29, 1.82) is 0 Å². The average molecular weight is 184 g/mol. The average Bonchev–Trinajstić information content (AvgIpc) is 2.32. The Morgan fingerprint density at radius 2 is 2.00 bits per heavy atom. The molecule has 1 aromatic rings. The van der Waals surface area contributed by atoms with Crippen molar-refractivity contribution in [3.63, 3.8) is 0 Å². The molecule has 0 aliphatic rings. The maximum absolute atomic E-state index is 5.40. The van der Waals surface area contributed by atoms with Crippen LogP contribution in [0.2, 0.25) is 0 Å². The van der Waals surface area contributed by atoms with E-state index < -0.39 is 0 Å². The van der Waals surface area contributed by atoms with Gasteiger partial charge in [-0.3, -0.25) is 0 Å². The molecule has 0 N–H and O–H groups in total. The van der Waals surface area contributed by atoms with E-state index in [0.29, 0.717) is 5.95 Å². The lowest BCUT2D eigenvalue weighted by molar-refractivity contribution is -0.756. The summed E-state index contributed by atoms with van der Waals surface area (Å²) in [6.07, 6.45) is 3.71. The van der Waals surface area contributed by atoms with Gasteiger partial charge in [0.25, 0.3) is 6.20 Å². The van der Waals surface area contributed by atoms with Gasteiger partial charge in [-0.1, -0.05) is 0 Å². The molecule has 13 heavy (non-hydrogen) atoms. The molecule has 74 valence electrons. The number of hydrogen-bond donors (Lipinski definition) is 0. The molecule has 0 fully saturated rings. The highest BCUT2D eigenvalue weighted by molar-refractivity contribution is 4.91. The maximum atomic E-state index is 5.40. The quantitative estimate of drug-likeness (QED) is 0.658. The summed E-state index contributed by atoms with van der Waals surface area (Å²) in [5.74, 6) is 0.574. The van der Waals surface area contributed by atoms with E-state index in [4.69, 9.17) is 9.15 Å². The second-order valence-electron chi connectivity index (χ2n) is 4.42. The summed E-state index contributed by atoms with van der Waals surface area (Å²) in [5.41, 5.74) is 0.0437. The number of aromatic nitrogens is 1. The first-order chi connectivity index (χ1) is 5.89. The van der Waals surface area contributed by atoms with Gasteiger partial charge in [-0.2, -0.15) is 4.57 Å². The van der Waals surface area contributed by atoms with Gasteiger partial charge in [0, 0.05) is 20.8 Å². The third-order valence-electron chi connectivity index (χ3n) is 1.65. The monoisotopic (exact) mass is 184 g/mol. The van der Waals surface area contributed by atoms with Crippen LogP contribution in [0.25, 0.3) is 0 Å². The molecule has 1 aromatic heterocycles. The van der Waals surface area contributed by atoms with Gasteiger partial charge in [-0.15, -0.1) is 0 Å². The van der Waals surface area contributed by atoms with E-state index in [0.717, 1.165) is 0 Å². The second kappa shape index (κ2) is 3.40. The Bertz CT molecular complexity index is 271. The van der Waals surface area contributed by atoms with Gasteiger partial charge in [0.2, 0.25) is 0 Å². The fourth-order valence-corrected chi connectivity index (χ4v) is 0.925. The summed E-state index contributed by atoms with van der Waals surface area (Å²) in [4.78, 5) is 0. The van der Waals surface area contributed by atoms with E-state index in [1.54, 1.807) is 6.39 Å². The number of rotatable bonds is 2. The third-order valence-corrected chi connectivity index (χ3v) is 1.65. The highest BCUT2D eigenvalue weighted by atomic mass is 16.6. The smallest absolute Gasteiger partial charge is 0.356 e. The fraction of sp³-hybridized carbons (Fsp3) is 0.700. The van der Waals surface area contributed by atoms with Crippen molar-refractivity contribution in [2.75, 3.05) is 0 Å². The molecule has 0 aromatic carbocycles. The van der Waals surface area contributed by atoms with Crippen LogP contribution in [0, 0.1) is 0 Å². The molecule has 0 saturated carbocycles. The molecule has 1 heterocycles. The van der Waals surface area contributed by atoms with Crippen molar-refractivity contribution < 1.29 is 13.7 Å². The van der Waals surface area contributed by atoms with Crippen molar-refractivity contribution in [3.8, 4) is 5.95 Å². The Kier molecular flexibility index (Phi) is 2.64. The summed E-state index contributed by atoms with van der Waals surface area (Å²) >= 11 is 0. The normalized spacial score (nSPS) is 12.2. The van der Waals surface area contributed by atoms with E-state index >= 15 is 0 Å². The van der Waals surface area contributed by atoms with E-state index in [9.17, 15) is 0 Å². The first kappa shape index (κ1) is 10.1. The molecular weight excluding hydrogens is 166 g/mol. The van der Waals surface area contributed by atoms with Crippen LogP contribution < -0.4 is 9.30 Å². The second-order valence-corrected chi connectivity index (χ2v) is 4.42. The lowest BCUT2D eigenvalue weighted by Crippen LogP contribution is -2.48. The first-order valence-electron chi connectivity index (χ1n) is 4.56. The summed E-state index contributed by atoms with van der Waals surface area (Å²) in [5, 5.41) is 0. The zero-order valence-corrected chi connectivity index (χ0v) is 9.00. The van der Waals surface area contributed by atoms with Crippen LogP contribution in [0.3, 0.4) is 0 Å². The molecule has 0 aliphatic heterocycles. The Morgan fingerprint density at radius 3 is 2.38 bits per heavy atom. The van der Waals surface area contributed by atoms with Crippen molar-refractivity contribution in [2.45, 2.75) is 46.3 Å². The predicted octanol–water partition coefficient (Wildman–Crippen LogP) is 2.11. The molecule has 0 amide bonds. The molecule has 0 bridgehead atoms. The Balaban J connectivity index is 2.75. The van der Waals surface area contributed by atoms with Gasteiger partial charge < -0.3 is 9.15 Å². The molecule has 0 atom stereocenters. The van der Waals surface area contributed by atoms with E-state index in [-0.39, 0.29) is 11.6 Å².